The lowest BCUT2D eigenvalue weighted by Crippen LogP contribution is -2.13. The van der Waals surface area contributed by atoms with Gasteiger partial charge in [-0.1, -0.05) is 30.3 Å². The normalized spacial score (nSPS) is 10.1. The fourth-order valence-corrected chi connectivity index (χ4v) is 1.49. The minimum atomic E-state index is -0.0894. The molecule has 15 heavy (non-hydrogen) atoms. The van der Waals surface area contributed by atoms with Gasteiger partial charge in [0.15, 0.2) is 0 Å². The van der Waals surface area contributed by atoms with E-state index in [9.17, 15) is 4.79 Å². The summed E-state index contributed by atoms with van der Waals surface area (Å²) in [4.78, 5) is 11.3. The molecule has 0 saturated heterocycles. The van der Waals surface area contributed by atoms with E-state index in [-0.39, 0.29) is 5.56 Å². The molecule has 1 N–H and O–H groups in total. The van der Waals surface area contributed by atoms with Gasteiger partial charge >= 0.3 is 0 Å². The first kappa shape index (κ1) is 9.65. The molecule has 0 unspecified atom stereocenters. The van der Waals surface area contributed by atoms with Crippen LogP contribution in [-0.2, 0) is 12.8 Å². The van der Waals surface area contributed by atoms with Crippen LogP contribution in [0, 0.1) is 0 Å². The molecule has 0 bridgehead atoms. The number of H-pyrrole nitrogens is 1. The molecule has 1 aromatic heterocycles. The summed E-state index contributed by atoms with van der Waals surface area (Å²) in [5.41, 5.74) is 1.94. The highest BCUT2D eigenvalue weighted by Crippen LogP contribution is 2.03. The minimum Gasteiger partial charge on any atom is -0.268 e. The number of aromatic nitrogens is 2. The van der Waals surface area contributed by atoms with Crippen LogP contribution in [0.25, 0.3) is 0 Å². The summed E-state index contributed by atoms with van der Waals surface area (Å²) in [5, 5.41) is 6.09. The Bertz CT molecular complexity index is 476. The summed E-state index contributed by atoms with van der Waals surface area (Å²) in [6.07, 6.45) is 3.25. The van der Waals surface area contributed by atoms with Gasteiger partial charge in [0.1, 0.15) is 0 Å². The summed E-state index contributed by atoms with van der Waals surface area (Å²) in [6, 6.07) is 11.9. The van der Waals surface area contributed by atoms with Gasteiger partial charge < -0.3 is 0 Å². The number of benzene rings is 1. The maximum Gasteiger partial charge on any atom is 0.267 e. The molecule has 0 aliphatic carbocycles. The van der Waals surface area contributed by atoms with Gasteiger partial charge in [-0.05, 0) is 24.5 Å². The van der Waals surface area contributed by atoms with E-state index in [1.165, 1.54) is 5.56 Å². The molecule has 2 rings (SSSR count). The van der Waals surface area contributed by atoms with Crippen molar-refractivity contribution in [2.45, 2.75) is 12.8 Å². The first-order valence-corrected chi connectivity index (χ1v) is 4.93. The van der Waals surface area contributed by atoms with E-state index in [0.717, 1.165) is 18.4 Å². The van der Waals surface area contributed by atoms with Crippen LogP contribution in [-0.4, -0.2) is 10.2 Å². The Hall–Kier alpha value is -1.90. The van der Waals surface area contributed by atoms with Crippen molar-refractivity contribution in [1.82, 2.24) is 10.2 Å². The van der Waals surface area contributed by atoms with E-state index in [4.69, 9.17) is 0 Å². The van der Waals surface area contributed by atoms with Crippen LogP contribution in [0.2, 0.25) is 0 Å². The second-order valence-electron chi connectivity index (χ2n) is 3.40. The Morgan fingerprint density at radius 1 is 1.07 bits per heavy atom. The Balaban J connectivity index is 2.06. The molecule has 1 aromatic carbocycles. The molecule has 0 aliphatic rings. The number of hydrogen-bond donors (Lipinski definition) is 1. The lowest BCUT2D eigenvalue weighted by Gasteiger charge is -1.99. The first-order chi connectivity index (χ1) is 7.36. The van der Waals surface area contributed by atoms with Crippen molar-refractivity contribution in [3.8, 4) is 0 Å². The van der Waals surface area contributed by atoms with Crippen LogP contribution in [0.15, 0.2) is 47.4 Å². The van der Waals surface area contributed by atoms with Crippen molar-refractivity contribution in [2.24, 2.45) is 0 Å². The van der Waals surface area contributed by atoms with Gasteiger partial charge in [-0.15, -0.1) is 0 Å². The fourth-order valence-electron chi connectivity index (χ4n) is 1.49. The number of aromatic amines is 1. The zero-order valence-electron chi connectivity index (χ0n) is 8.31. The van der Waals surface area contributed by atoms with E-state index >= 15 is 0 Å². The highest BCUT2D eigenvalue weighted by atomic mass is 16.1. The number of hydrogen-bond acceptors (Lipinski definition) is 2. The Labute approximate surface area is 87.8 Å². The van der Waals surface area contributed by atoms with Gasteiger partial charge in [-0.2, -0.15) is 5.10 Å². The quantitative estimate of drug-likeness (QED) is 0.817. The van der Waals surface area contributed by atoms with Gasteiger partial charge in [-0.3, -0.25) is 4.79 Å². The lowest BCUT2D eigenvalue weighted by molar-refractivity contribution is 0.890. The molecule has 0 atom stereocenters. The standard InChI is InChI=1S/C12H12N2O/c15-12-11(8-9-13-14-12)7-6-10-4-2-1-3-5-10/h1-5,8-9H,6-7H2,(H,14,15). The van der Waals surface area contributed by atoms with E-state index in [0.29, 0.717) is 0 Å². The van der Waals surface area contributed by atoms with E-state index in [2.05, 4.69) is 22.3 Å². The van der Waals surface area contributed by atoms with Crippen LogP contribution >= 0.6 is 0 Å². The molecule has 0 spiro atoms. The van der Waals surface area contributed by atoms with E-state index in [1.54, 1.807) is 12.3 Å². The zero-order valence-corrected chi connectivity index (χ0v) is 8.31. The molecular formula is C12H12N2O. The topological polar surface area (TPSA) is 45.8 Å². The van der Waals surface area contributed by atoms with E-state index in [1.807, 2.05) is 18.2 Å². The lowest BCUT2D eigenvalue weighted by atomic mass is 10.1. The van der Waals surface area contributed by atoms with Crippen molar-refractivity contribution < 1.29 is 0 Å². The molecule has 1 heterocycles. The molecule has 0 radical (unpaired) electrons. The molecule has 0 aliphatic heterocycles. The SMILES string of the molecule is O=c1[nH]nccc1CCc1ccccc1. The molecule has 2 aromatic rings. The molecule has 0 amide bonds. The van der Waals surface area contributed by atoms with Gasteiger partial charge in [0, 0.05) is 11.8 Å². The van der Waals surface area contributed by atoms with E-state index < -0.39 is 0 Å². The monoisotopic (exact) mass is 200 g/mol. The smallest absolute Gasteiger partial charge is 0.267 e. The van der Waals surface area contributed by atoms with Crippen molar-refractivity contribution in [1.29, 1.82) is 0 Å². The predicted molar refractivity (Wildman–Crippen MR) is 58.7 cm³/mol. The third-order valence-corrected chi connectivity index (χ3v) is 2.33. The molecule has 3 heteroatoms. The Kier molecular flexibility index (Phi) is 2.93. The van der Waals surface area contributed by atoms with Gasteiger partial charge in [0.25, 0.3) is 5.56 Å². The number of nitrogens with zero attached hydrogens (tertiary/aromatic N) is 1. The zero-order chi connectivity index (χ0) is 10.5. The van der Waals surface area contributed by atoms with Crippen LogP contribution in [0.4, 0.5) is 0 Å². The van der Waals surface area contributed by atoms with Gasteiger partial charge in [0.05, 0.1) is 0 Å². The average Bonchev–Trinajstić information content (AvgIpc) is 2.29. The minimum absolute atomic E-state index is 0.0894. The van der Waals surface area contributed by atoms with Gasteiger partial charge in [0.2, 0.25) is 0 Å². The van der Waals surface area contributed by atoms with Crippen molar-refractivity contribution in [3.63, 3.8) is 0 Å². The maximum atomic E-state index is 11.3. The van der Waals surface area contributed by atoms with Crippen molar-refractivity contribution in [3.05, 3.63) is 64.1 Å². The molecule has 76 valence electrons. The summed E-state index contributed by atoms with van der Waals surface area (Å²) < 4.78 is 0. The Morgan fingerprint density at radius 2 is 1.87 bits per heavy atom. The first-order valence-electron chi connectivity index (χ1n) is 4.93. The summed E-state index contributed by atoms with van der Waals surface area (Å²) in [6.45, 7) is 0. The number of nitrogens with one attached hydrogen (secondary N) is 1. The third-order valence-electron chi connectivity index (χ3n) is 2.33. The van der Waals surface area contributed by atoms with Gasteiger partial charge in [-0.25, -0.2) is 5.10 Å². The molecule has 3 nitrogen and oxygen atoms in total. The van der Waals surface area contributed by atoms with Crippen LogP contribution < -0.4 is 5.56 Å². The summed E-state index contributed by atoms with van der Waals surface area (Å²) >= 11 is 0. The maximum absolute atomic E-state index is 11.3. The van der Waals surface area contributed by atoms with Crippen LogP contribution in [0.5, 0.6) is 0 Å². The molecule has 0 saturated carbocycles. The van der Waals surface area contributed by atoms with Crippen LogP contribution in [0.3, 0.4) is 0 Å². The average molecular weight is 200 g/mol. The molecule has 0 fully saturated rings. The second-order valence-corrected chi connectivity index (χ2v) is 3.40. The number of rotatable bonds is 3. The summed E-state index contributed by atoms with van der Waals surface area (Å²) in [5.74, 6) is 0. The van der Waals surface area contributed by atoms with Crippen molar-refractivity contribution >= 4 is 0 Å². The largest absolute Gasteiger partial charge is 0.268 e. The Morgan fingerprint density at radius 3 is 2.60 bits per heavy atom. The van der Waals surface area contributed by atoms with Crippen molar-refractivity contribution in [2.75, 3.05) is 0 Å². The number of aryl methyl sites for hydroxylation is 2. The highest BCUT2D eigenvalue weighted by Gasteiger charge is 1.99. The highest BCUT2D eigenvalue weighted by molar-refractivity contribution is 5.17. The van der Waals surface area contributed by atoms with Crippen LogP contribution in [0.1, 0.15) is 11.1 Å². The third kappa shape index (κ3) is 2.53. The fraction of sp³-hybridized carbons (Fsp3) is 0.167. The second kappa shape index (κ2) is 4.55. The predicted octanol–water partition coefficient (Wildman–Crippen LogP) is 1.56. The summed E-state index contributed by atoms with van der Waals surface area (Å²) in [7, 11) is 0. The molecular weight excluding hydrogens is 188 g/mol.